The molecule has 0 unspecified atom stereocenters. The summed E-state index contributed by atoms with van der Waals surface area (Å²) >= 11 is 0. The van der Waals surface area contributed by atoms with E-state index in [-0.39, 0.29) is 0 Å². The molecule has 0 amide bonds. The van der Waals surface area contributed by atoms with Crippen molar-refractivity contribution < 1.29 is 9.47 Å². The van der Waals surface area contributed by atoms with E-state index in [2.05, 4.69) is 32.2 Å². The number of ether oxygens (including phenoxy) is 2. The normalized spacial score (nSPS) is 10.1. The van der Waals surface area contributed by atoms with Gasteiger partial charge in [-0.05, 0) is 51.1 Å². The topological polar surface area (TPSA) is 30.5 Å². The van der Waals surface area contributed by atoms with Gasteiger partial charge in [0, 0.05) is 12.1 Å². The molecule has 1 aromatic rings. The Kier molecular flexibility index (Phi) is 7.04. The van der Waals surface area contributed by atoms with Crippen LogP contribution in [0.5, 0.6) is 11.5 Å². The Labute approximate surface area is 116 Å². The molecule has 0 spiro atoms. The lowest BCUT2D eigenvalue weighted by Gasteiger charge is -2.12. The van der Waals surface area contributed by atoms with E-state index in [0.717, 1.165) is 36.6 Å². The molecule has 0 aliphatic rings. The highest BCUT2D eigenvalue weighted by Crippen LogP contribution is 2.24. The molecular formula is C16H25NO2. The molecule has 1 aromatic carbocycles. The van der Waals surface area contributed by atoms with Gasteiger partial charge in [0.15, 0.2) is 0 Å². The van der Waals surface area contributed by atoms with Crippen LogP contribution in [0, 0.1) is 0 Å². The summed E-state index contributed by atoms with van der Waals surface area (Å²) in [4.78, 5) is 0. The average Bonchev–Trinajstić information content (AvgIpc) is 2.40. The first-order valence-corrected chi connectivity index (χ1v) is 6.81. The smallest absolute Gasteiger partial charge is 0.124 e. The second-order valence-electron chi connectivity index (χ2n) is 4.74. The van der Waals surface area contributed by atoms with E-state index in [1.54, 1.807) is 7.11 Å². The SMILES string of the molecule is CCCNCc1cc(OC)ccc1OCC=C(C)C. The highest BCUT2D eigenvalue weighted by Gasteiger charge is 2.05. The van der Waals surface area contributed by atoms with E-state index in [1.807, 2.05) is 18.2 Å². The van der Waals surface area contributed by atoms with Crippen LogP contribution >= 0.6 is 0 Å². The van der Waals surface area contributed by atoms with Crippen molar-refractivity contribution in [1.29, 1.82) is 0 Å². The van der Waals surface area contributed by atoms with Crippen LogP contribution in [-0.4, -0.2) is 20.3 Å². The van der Waals surface area contributed by atoms with Crippen LogP contribution in [0.15, 0.2) is 29.8 Å². The predicted molar refractivity (Wildman–Crippen MR) is 79.9 cm³/mol. The van der Waals surface area contributed by atoms with Crippen molar-refractivity contribution in [2.45, 2.75) is 33.7 Å². The van der Waals surface area contributed by atoms with Crippen LogP contribution in [-0.2, 0) is 6.54 Å². The summed E-state index contributed by atoms with van der Waals surface area (Å²) in [5, 5.41) is 3.39. The largest absolute Gasteiger partial charge is 0.497 e. The maximum absolute atomic E-state index is 5.81. The maximum Gasteiger partial charge on any atom is 0.124 e. The minimum Gasteiger partial charge on any atom is -0.497 e. The summed E-state index contributed by atoms with van der Waals surface area (Å²) in [5.74, 6) is 1.78. The lowest BCUT2D eigenvalue weighted by Crippen LogP contribution is -2.14. The Morgan fingerprint density at radius 2 is 2.11 bits per heavy atom. The molecule has 0 atom stereocenters. The Bertz CT molecular complexity index is 409. The van der Waals surface area contributed by atoms with Crippen molar-refractivity contribution in [2.75, 3.05) is 20.3 Å². The highest BCUT2D eigenvalue weighted by atomic mass is 16.5. The van der Waals surface area contributed by atoms with Gasteiger partial charge in [-0.1, -0.05) is 12.5 Å². The predicted octanol–water partition coefficient (Wildman–Crippen LogP) is 3.54. The van der Waals surface area contributed by atoms with Gasteiger partial charge >= 0.3 is 0 Å². The lowest BCUT2D eigenvalue weighted by atomic mass is 10.2. The third-order valence-corrected chi connectivity index (χ3v) is 2.74. The molecule has 3 heteroatoms. The Hall–Kier alpha value is -1.48. The second-order valence-corrected chi connectivity index (χ2v) is 4.74. The maximum atomic E-state index is 5.81. The van der Waals surface area contributed by atoms with E-state index in [4.69, 9.17) is 9.47 Å². The zero-order valence-corrected chi connectivity index (χ0v) is 12.5. The third kappa shape index (κ3) is 5.79. The van der Waals surface area contributed by atoms with Gasteiger partial charge < -0.3 is 14.8 Å². The molecule has 0 saturated heterocycles. The second kappa shape index (κ2) is 8.59. The first-order chi connectivity index (χ1) is 9.17. The summed E-state index contributed by atoms with van der Waals surface area (Å²) in [7, 11) is 1.68. The van der Waals surface area contributed by atoms with E-state index < -0.39 is 0 Å². The lowest BCUT2D eigenvalue weighted by molar-refractivity contribution is 0.354. The summed E-state index contributed by atoms with van der Waals surface area (Å²) in [5.41, 5.74) is 2.40. The molecule has 0 fully saturated rings. The van der Waals surface area contributed by atoms with Gasteiger partial charge in [-0.25, -0.2) is 0 Å². The Morgan fingerprint density at radius 3 is 2.74 bits per heavy atom. The van der Waals surface area contributed by atoms with Gasteiger partial charge in [-0.15, -0.1) is 0 Å². The van der Waals surface area contributed by atoms with Crippen LogP contribution in [0.3, 0.4) is 0 Å². The number of rotatable bonds is 8. The number of hydrogen-bond donors (Lipinski definition) is 1. The van der Waals surface area contributed by atoms with Crippen molar-refractivity contribution in [1.82, 2.24) is 5.32 Å². The van der Waals surface area contributed by atoms with Crippen molar-refractivity contribution in [3.8, 4) is 11.5 Å². The van der Waals surface area contributed by atoms with Gasteiger partial charge in [0.05, 0.1) is 7.11 Å². The first-order valence-electron chi connectivity index (χ1n) is 6.81. The molecule has 0 saturated carbocycles. The standard InChI is InChI=1S/C16H25NO2/c1-5-9-17-12-14-11-15(18-4)6-7-16(14)19-10-8-13(2)3/h6-8,11,17H,5,9-10,12H2,1-4H3. The van der Waals surface area contributed by atoms with Crippen molar-refractivity contribution in [2.24, 2.45) is 0 Å². The first kappa shape index (κ1) is 15.6. The quantitative estimate of drug-likeness (QED) is 0.575. The van der Waals surface area contributed by atoms with Crippen LogP contribution in [0.1, 0.15) is 32.8 Å². The molecule has 1 N–H and O–H groups in total. The van der Waals surface area contributed by atoms with Crippen LogP contribution < -0.4 is 14.8 Å². The molecule has 3 nitrogen and oxygen atoms in total. The van der Waals surface area contributed by atoms with Crippen LogP contribution in [0.2, 0.25) is 0 Å². The number of hydrogen-bond acceptors (Lipinski definition) is 3. The Morgan fingerprint density at radius 1 is 1.32 bits per heavy atom. The van der Waals surface area contributed by atoms with Crippen molar-refractivity contribution in [3.05, 3.63) is 35.4 Å². The summed E-state index contributed by atoms with van der Waals surface area (Å²) in [6, 6.07) is 5.93. The van der Waals surface area contributed by atoms with E-state index in [1.165, 1.54) is 5.57 Å². The molecule has 0 radical (unpaired) electrons. The zero-order chi connectivity index (χ0) is 14.1. The summed E-state index contributed by atoms with van der Waals surface area (Å²) in [6.07, 6.45) is 3.20. The van der Waals surface area contributed by atoms with E-state index >= 15 is 0 Å². The molecule has 0 heterocycles. The zero-order valence-electron chi connectivity index (χ0n) is 12.5. The minimum absolute atomic E-state index is 0.607. The highest BCUT2D eigenvalue weighted by molar-refractivity contribution is 5.40. The fourth-order valence-corrected chi connectivity index (χ4v) is 1.66. The monoisotopic (exact) mass is 263 g/mol. The van der Waals surface area contributed by atoms with Gasteiger partial charge in [0.2, 0.25) is 0 Å². The summed E-state index contributed by atoms with van der Waals surface area (Å²) < 4.78 is 11.1. The number of methoxy groups -OCH3 is 1. The van der Waals surface area contributed by atoms with Crippen molar-refractivity contribution >= 4 is 0 Å². The van der Waals surface area contributed by atoms with Crippen LogP contribution in [0.25, 0.3) is 0 Å². The third-order valence-electron chi connectivity index (χ3n) is 2.74. The van der Waals surface area contributed by atoms with Crippen molar-refractivity contribution in [3.63, 3.8) is 0 Å². The van der Waals surface area contributed by atoms with Gasteiger partial charge in [0.25, 0.3) is 0 Å². The van der Waals surface area contributed by atoms with E-state index in [9.17, 15) is 0 Å². The van der Waals surface area contributed by atoms with E-state index in [0.29, 0.717) is 6.61 Å². The van der Waals surface area contributed by atoms with Gasteiger partial charge in [-0.2, -0.15) is 0 Å². The van der Waals surface area contributed by atoms with Gasteiger partial charge in [0.1, 0.15) is 18.1 Å². The molecule has 0 aromatic heterocycles. The molecule has 106 valence electrons. The molecule has 19 heavy (non-hydrogen) atoms. The fourth-order valence-electron chi connectivity index (χ4n) is 1.66. The molecule has 1 rings (SSSR count). The number of allylic oxidation sites excluding steroid dienone is 1. The van der Waals surface area contributed by atoms with Gasteiger partial charge in [-0.3, -0.25) is 0 Å². The number of benzene rings is 1. The average molecular weight is 263 g/mol. The van der Waals surface area contributed by atoms with Crippen LogP contribution in [0.4, 0.5) is 0 Å². The number of nitrogens with one attached hydrogen (secondary N) is 1. The molecule has 0 aliphatic heterocycles. The molecule has 0 aliphatic carbocycles. The summed E-state index contributed by atoms with van der Waals surface area (Å²) in [6.45, 7) is 8.71. The Balaban J connectivity index is 2.73. The fraction of sp³-hybridized carbons (Fsp3) is 0.500. The minimum atomic E-state index is 0.607. The molecule has 0 bridgehead atoms. The molecular weight excluding hydrogens is 238 g/mol.